The lowest BCUT2D eigenvalue weighted by molar-refractivity contribution is 0.0835. The van der Waals surface area contributed by atoms with E-state index in [4.69, 9.17) is 4.74 Å². The highest BCUT2D eigenvalue weighted by atomic mass is 19.1. The molecule has 0 aliphatic carbocycles. The van der Waals surface area contributed by atoms with Gasteiger partial charge in [-0.05, 0) is 31.2 Å². The fourth-order valence-corrected chi connectivity index (χ4v) is 1.61. The van der Waals surface area contributed by atoms with Crippen LogP contribution in [0.4, 0.5) is 4.39 Å². The molecule has 84 valence electrons. The summed E-state index contributed by atoms with van der Waals surface area (Å²) in [4.78, 5) is 0. The van der Waals surface area contributed by atoms with Crippen molar-refractivity contribution >= 4 is 0 Å². The summed E-state index contributed by atoms with van der Waals surface area (Å²) in [6.45, 7) is 4.82. The molecule has 0 heterocycles. The monoisotopic (exact) mass is 211 g/mol. The van der Waals surface area contributed by atoms with Crippen LogP contribution in [-0.2, 0) is 4.74 Å². The molecule has 0 saturated carbocycles. The number of hydrogen-bond acceptors (Lipinski definition) is 2. The quantitative estimate of drug-likeness (QED) is 0.808. The predicted molar refractivity (Wildman–Crippen MR) is 59.3 cm³/mol. The molecule has 0 amide bonds. The highest BCUT2D eigenvalue weighted by Gasteiger charge is 2.17. The first kappa shape index (κ1) is 12.1. The maximum absolute atomic E-state index is 13.1. The normalized spacial score (nSPS) is 14.9. The molecule has 0 aliphatic rings. The van der Waals surface area contributed by atoms with Crippen LogP contribution in [0.15, 0.2) is 24.3 Å². The van der Waals surface area contributed by atoms with Gasteiger partial charge in [0.25, 0.3) is 0 Å². The summed E-state index contributed by atoms with van der Waals surface area (Å²) in [6.07, 6.45) is 0.0201. The van der Waals surface area contributed by atoms with Gasteiger partial charge in [-0.25, -0.2) is 4.39 Å². The van der Waals surface area contributed by atoms with Gasteiger partial charge in [0.05, 0.1) is 12.1 Å². The molecule has 3 heteroatoms. The Morgan fingerprint density at radius 3 is 2.73 bits per heavy atom. The van der Waals surface area contributed by atoms with Crippen molar-refractivity contribution in [1.82, 2.24) is 5.32 Å². The van der Waals surface area contributed by atoms with Crippen molar-refractivity contribution in [3.63, 3.8) is 0 Å². The number of likely N-dealkylation sites (N-methyl/N-ethyl adjacent to an activating group) is 1. The molecule has 0 bridgehead atoms. The molecule has 1 rings (SSSR count). The van der Waals surface area contributed by atoms with Crippen LogP contribution in [0.3, 0.4) is 0 Å². The van der Waals surface area contributed by atoms with E-state index in [2.05, 4.69) is 5.32 Å². The second-order valence-corrected chi connectivity index (χ2v) is 3.53. The summed E-state index contributed by atoms with van der Waals surface area (Å²) in [7, 11) is 1.66. The molecular formula is C12H18FNO. The van der Waals surface area contributed by atoms with E-state index in [-0.39, 0.29) is 18.0 Å². The Kier molecular flexibility index (Phi) is 4.72. The van der Waals surface area contributed by atoms with Crippen LogP contribution in [0.5, 0.6) is 0 Å². The number of rotatable bonds is 5. The molecule has 1 N–H and O–H groups in total. The van der Waals surface area contributed by atoms with Crippen molar-refractivity contribution < 1.29 is 9.13 Å². The zero-order chi connectivity index (χ0) is 11.3. The van der Waals surface area contributed by atoms with Crippen molar-refractivity contribution in [2.45, 2.75) is 26.0 Å². The van der Waals surface area contributed by atoms with E-state index in [1.807, 2.05) is 19.9 Å². The third-order valence-corrected chi connectivity index (χ3v) is 2.47. The van der Waals surface area contributed by atoms with Crippen molar-refractivity contribution in [3.8, 4) is 0 Å². The molecule has 2 unspecified atom stereocenters. The van der Waals surface area contributed by atoms with Gasteiger partial charge in [0.15, 0.2) is 0 Å². The molecule has 0 aromatic heterocycles. The lowest BCUT2D eigenvalue weighted by Gasteiger charge is -2.24. The van der Waals surface area contributed by atoms with E-state index >= 15 is 0 Å². The van der Waals surface area contributed by atoms with E-state index in [9.17, 15) is 4.39 Å². The molecule has 0 fully saturated rings. The first-order valence-electron chi connectivity index (χ1n) is 5.20. The number of ether oxygens (including phenoxy) is 1. The van der Waals surface area contributed by atoms with E-state index < -0.39 is 0 Å². The third-order valence-electron chi connectivity index (χ3n) is 2.47. The molecule has 0 saturated heterocycles. The van der Waals surface area contributed by atoms with Crippen LogP contribution >= 0.6 is 0 Å². The Balaban J connectivity index is 2.88. The van der Waals surface area contributed by atoms with Gasteiger partial charge in [0, 0.05) is 7.11 Å². The molecule has 1 aromatic carbocycles. The van der Waals surface area contributed by atoms with Crippen LogP contribution in [0.1, 0.15) is 25.5 Å². The zero-order valence-electron chi connectivity index (χ0n) is 9.46. The average molecular weight is 211 g/mol. The average Bonchev–Trinajstić information content (AvgIpc) is 2.25. The first-order valence-corrected chi connectivity index (χ1v) is 5.20. The molecule has 2 atom stereocenters. The van der Waals surface area contributed by atoms with Crippen LogP contribution < -0.4 is 5.32 Å². The Morgan fingerprint density at radius 1 is 1.47 bits per heavy atom. The maximum atomic E-state index is 13.1. The number of hydrogen-bond donors (Lipinski definition) is 1. The van der Waals surface area contributed by atoms with Gasteiger partial charge >= 0.3 is 0 Å². The summed E-state index contributed by atoms with van der Waals surface area (Å²) in [5, 5.41) is 3.29. The highest BCUT2D eigenvalue weighted by Crippen LogP contribution is 2.19. The van der Waals surface area contributed by atoms with Gasteiger partial charge in [0.2, 0.25) is 0 Å². The minimum atomic E-state index is -0.210. The number of methoxy groups -OCH3 is 1. The lowest BCUT2D eigenvalue weighted by Crippen LogP contribution is -2.31. The zero-order valence-corrected chi connectivity index (χ0v) is 9.46. The van der Waals surface area contributed by atoms with Crippen LogP contribution in [0.25, 0.3) is 0 Å². The summed E-state index contributed by atoms with van der Waals surface area (Å²) in [5.74, 6) is -0.210. The first-order chi connectivity index (χ1) is 7.19. The number of benzene rings is 1. The predicted octanol–water partition coefficient (Wildman–Crippen LogP) is 2.51. The Hall–Kier alpha value is -0.930. The van der Waals surface area contributed by atoms with E-state index in [1.54, 1.807) is 19.2 Å². The lowest BCUT2D eigenvalue weighted by atomic mass is 10.0. The van der Waals surface area contributed by atoms with E-state index in [1.165, 1.54) is 6.07 Å². The van der Waals surface area contributed by atoms with Crippen molar-refractivity contribution in [3.05, 3.63) is 35.6 Å². The molecule has 2 nitrogen and oxygen atoms in total. The Labute approximate surface area is 90.4 Å². The van der Waals surface area contributed by atoms with Crippen LogP contribution in [0.2, 0.25) is 0 Å². The van der Waals surface area contributed by atoms with Gasteiger partial charge in [-0.1, -0.05) is 19.1 Å². The summed E-state index contributed by atoms with van der Waals surface area (Å²) in [5.41, 5.74) is 0.922. The second-order valence-electron chi connectivity index (χ2n) is 3.53. The van der Waals surface area contributed by atoms with E-state index in [0.29, 0.717) is 0 Å². The van der Waals surface area contributed by atoms with Crippen molar-refractivity contribution in [2.24, 2.45) is 0 Å². The van der Waals surface area contributed by atoms with Gasteiger partial charge in [0.1, 0.15) is 5.82 Å². The SMILES string of the molecule is CCNC(c1cccc(F)c1)C(C)OC. The topological polar surface area (TPSA) is 21.3 Å². The van der Waals surface area contributed by atoms with Crippen LogP contribution in [-0.4, -0.2) is 19.8 Å². The fourth-order valence-electron chi connectivity index (χ4n) is 1.61. The Morgan fingerprint density at radius 2 is 2.20 bits per heavy atom. The molecule has 15 heavy (non-hydrogen) atoms. The number of nitrogens with one attached hydrogen (secondary N) is 1. The summed E-state index contributed by atoms with van der Waals surface area (Å²) >= 11 is 0. The third kappa shape index (κ3) is 3.29. The molecule has 1 aromatic rings. The second kappa shape index (κ2) is 5.83. The van der Waals surface area contributed by atoms with Gasteiger partial charge in [-0.2, -0.15) is 0 Å². The van der Waals surface area contributed by atoms with Gasteiger partial charge < -0.3 is 10.1 Å². The molecular weight excluding hydrogens is 193 g/mol. The maximum Gasteiger partial charge on any atom is 0.123 e. The smallest absolute Gasteiger partial charge is 0.123 e. The number of halogens is 1. The van der Waals surface area contributed by atoms with Crippen molar-refractivity contribution in [1.29, 1.82) is 0 Å². The Bertz CT molecular complexity index is 303. The molecule has 0 aliphatic heterocycles. The molecule has 0 radical (unpaired) electrons. The highest BCUT2D eigenvalue weighted by molar-refractivity contribution is 5.21. The fraction of sp³-hybridized carbons (Fsp3) is 0.500. The minimum absolute atomic E-state index is 0.0201. The van der Waals surface area contributed by atoms with Crippen molar-refractivity contribution in [2.75, 3.05) is 13.7 Å². The summed E-state index contributed by atoms with van der Waals surface area (Å²) in [6, 6.07) is 6.66. The van der Waals surface area contributed by atoms with Crippen LogP contribution in [0, 0.1) is 5.82 Å². The standard InChI is InChI=1S/C12H18FNO/c1-4-14-12(9(2)15-3)10-6-5-7-11(13)8-10/h5-9,12,14H,4H2,1-3H3. The summed E-state index contributed by atoms with van der Waals surface area (Å²) < 4.78 is 18.3. The van der Waals surface area contributed by atoms with Gasteiger partial charge in [-0.3, -0.25) is 0 Å². The van der Waals surface area contributed by atoms with E-state index in [0.717, 1.165) is 12.1 Å². The largest absolute Gasteiger partial charge is 0.380 e. The van der Waals surface area contributed by atoms with Gasteiger partial charge in [-0.15, -0.1) is 0 Å². The molecule has 0 spiro atoms. The minimum Gasteiger partial charge on any atom is -0.380 e.